The van der Waals surface area contributed by atoms with E-state index in [0.717, 1.165) is 33.3 Å². The van der Waals surface area contributed by atoms with Crippen molar-refractivity contribution < 1.29 is 9.31 Å². The first-order valence-corrected chi connectivity index (χ1v) is 11.6. The van der Waals surface area contributed by atoms with Gasteiger partial charge in [-0.25, -0.2) is 0 Å². The molecule has 0 aromatic heterocycles. The first-order valence-electron chi connectivity index (χ1n) is 11.6. The quantitative estimate of drug-likeness (QED) is 0.327. The zero-order valence-corrected chi connectivity index (χ0v) is 19.8. The highest BCUT2D eigenvalue weighted by Gasteiger charge is 2.47. The van der Waals surface area contributed by atoms with Crippen LogP contribution in [0.25, 0.3) is 10.8 Å². The normalized spacial score (nSPS) is 17.2. The number of nitrogens with zero attached hydrogens (tertiary/aromatic N) is 1. The second kappa shape index (κ2) is 8.37. The van der Waals surface area contributed by atoms with Crippen molar-refractivity contribution >= 4 is 40.4 Å². The molecule has 33 heavy (non-hydrogen) atoms. The molecule has 0 unspecified atom stereocenters. The van der Waals surface area contributed by atoms with Crippen molar-refractivity contribution in [1.82, 2.24) is 0 Å². The summed E-state index contributed by atoms with van der Waals surface area (Å²) in [6.07, 6.45) is 0. The van der Waals surface area contributed by atoms with E-state index in [-0.39, 0.29) is 11.0 Å². The predicted molar refractivity (Wildman–Crippen MR) is 139 cm³/mol. The summed E-state index contributed by atoms with van der Waals surface area (Å²) < 4.78 is 12.8. The summed E-state index contributed by atoms with van der Waals surface area (Å²) in [6, 6.07) is 33.9. The van der Waals surface area contributed by atoms with Crippen LogP contribution in [-0.2, 0) is 9.31 Å². The summed E-state index contributed by atoms with van der Waals surface area (Å²) in [6.45, 7) is 9.36. The molecule has 0 aliphatic carbocycles. The van der Waals surface area contributed by atoms with Crippen LogP contribution < -0.4 is 10.4 Å². The van der Waals surface area contributed by atoms with E-state index in [4.69, 9.17) is 9.31 Å². The van der Waals surface area contributed by atoms with Crippen LogP contribution in [-0.4, -0.2) is 19.3 Å². The van der Waals surface area contributed by atoms with Gasteiger partial charge in [0.1, 0.15) is 0 Å². The number of hydrogen-bond donors (Lipinski definition) is 0. The van der Waals surface area contributed by atoms with Gasteiger partial charge in [0, 0.05) is 28.8 Å². The van der Waals surface area contributed by atoms with E-state index in [1.807, 2.05) is 0 Å². The minimum atomic E-state index is -0.395. The Morgan fingerprint density at radius 2 is 1.21 bits per heavy atom. The van der Waals surface area contributed by atoms with Gasteiger partial charge in [-0.1, -0.05) is 80.6 Å². The summed E-state index contributed by atoms with van der Waals surface area (Å²) in [4.78, 5) is 2.31. The fraction of sp³-hybridized carbons (Fsp3) is 0.241. The highest BCUT2D eigenvalue weighted by molar-refractivity contribution is 6.64. The van der Waals surface area contributed by atoms with Crippen molar-refractivity contribution in [2.75, 3.05) is 11.5 Å². The van der Waals surface area contributed by atoms with Gasteiger partial charge in [-0.3, -0.25) is 0 Å². The molecule has 0 atom stereocenters. The Hall–Kier alpha value is -3.08. The molecule has 1 fully saturated rings. The van der Waals surface area contributed by atoms with Crippen molar-refractivity contribution in [3.05, 3.63) is 97.1 Å². The van der Waals surface area contributed by atoms with Crippen molar-refractivity contribution in [2.24, 2.45) is 5.41 Å². The van der Waals surface area contributed by atoms with Gasteiger partial charge in [0.05, 0.1) is 11.3 Å². The van der Waals surface area contributed by atoms with Crippen molar-refractivity contribution in [3.63, 3.8) is 0 Å². The Morgan fingerprint density at radius 1 is 0.667 bits per heavy atom. The van der Waals surface area contributed by atoms with E-state index >= 15 is 0 Å². The smallest absolute Gasteiger partial charge is 0.407 e. The van der Waals surface area contributed by atoms with Crippen LogP contribution in [0.15, 0.2) is 97.1 Å². The molecule has 0 radical (unpaired) electrons. The predicted octanol–water partition coefficient (Wildman–Crippen LogP) is 6.86. The standard InChI is InChI=1S/C29H30BNO2/c1-28(2)21-32-30(33-29(28,3)4)26-19-20-27(25-18-12-11-17-24(25)26)31(22-13-7-5-8-14-22)23-15-9-6-10-16-23/h5-20H,21H2,1-4H3. The van der Waals surface area contributed by atoms with E-state index in [0.29, 0.717) is 6.61 Å². The zero-order valence-electron chi connectivity index (χ0n) is 19.8. The van der Waals surface area contributed by atoms with Crippen LogP contribution in [0, 0.1) is 5.41 Å². The average molecular weight is 435 g/mol. The van der Waals surface area contributed by atoms with Crippen LogP contribution in [0.1, 0.15) is 27.7 Å². The van der Waals surface area contributed by atoms with Gasteiger partial charge in [0.25, 0.3) is 0 Å². The van der Waals surface area contributed by atoms with Gasteiger partial charge in [-0.05, 0) is 55.0 Å². The summed E-state index contributed by atoms with van der Waals surface area (Å²) in [5.74, 6) is 0. The number of benzene rings is 4. The van der Waals surface area contributed by atoms with E-state index in [2.05, 4.69) is 130 Å². The van der Waals surface area contributed by atoms with Gasteiger partial charge in [0.15, 0.2) is 0 Å². The number of para-hydroxylation sites is 2. The molecule has 0 spiro atoms. The lowest BCUT2D eigenvalue weighted by molar-refractivity contribution is -0.0936. The Labute approximate surface area is 197 Å². The van der Waals surface area contributed by atoms with E-state index < -0.39 is 7.12 Å². The molecular formula is C29H30BNO2. The van der Waals surface area contributed by atoms with Crippen molar-refractivity contribution in [2.45, 2.75) is 33.3 Å². The zero-order chi connectivity index (χ0) is 23.1. The third kappa shape index (κ3) is 3.94. The molecule has 166 valence electrons. The minimum Gasteiger partial charge on any atom is -0.407 e. The Bertz CT molecular complexity index is 1220. The Morgan fingerprint density at radius 3 is 1.79 bits per heavy atom. The largest absolute Gasteiger partial charge is 0.494 e. The van der Waals surface area contributed by atoms with Gasteiger partial charge in [0.2, 0.25) is 0 Å². The molecule has 3 nitrogen and oxygen atoms in total. The molecule has 0 amide bonds. The fourth-order valence-corrected chi connectivity index (χ4v) is 4.36. The maximum atomic E-state index is 6.52. The lowest BCUT2D eigenvalue weighted by Crippen LogP contribution is -2.58. The van der Waals surface area contributed by atoms with Crippen LogP contribution in [0.2, 0.25) is 0 Å². The van der Waals surface area contributed by atoms with Gasteiger partial charge in [-0.2, -0.15) is 0 Å². The van der Waals surface area contributed by atoms with Crippen LogP contribution in [0.5, 0.6) is 0 Å². The topological polar surface area (TPSA) is 21.7 Å². The molecule has 5 rings (SSSR count). The molecule has 1 aliphatic rings. The summed E-state index contributed by atoms with van der Waals surface area (Å²) in [5.41, 5.74) is 4.08. The van der Waals surface area contributed by atoms with Gasteiger partial charge in [-0.15, -0.1) is 0 Å². The SMILES string of the molecule is CC1(C)COB(c2ccc(N(c3ccccc3)c3ccccc3)c3ccccc23)OC1(C)C. The molecule has 4 aromatic carbocycles. The van der Waals surface area contributed by atoms with Crippen molar-refractivity contribution in [1.29, 1.82) is 0 Å². The monoisotopic (exact) mass is 435 g/mol. The highest BCUT2D eigenvalue weighted by atomic mass is 16.6. The van der Waals surface area contributed by atoms with Crippen LogP contribution in [0.4, 0.5) is 17.1 Å². The molecule has 1 aliphatic heterocycles. The van der Waals surface area contributed by atoms with Crippen molar-refractivity contribution in [3.8, 4) is 0 Å². The maximum Gasteiger partial charge on any atom is 0.494 e. The minimum absolute atomic E-state index is 0.0589. The van der Waals surface area contributed by atoms with Gasteiger partial charge >= 0.3 is 7.12 Å². The van der Waals surface area contributed by atoms with Crippen LogP contribution in [0.3, 0.4) is 0 Å². The van der Waals surface area contributed by atoms with E-state index in [1.165, 1.54) is 0 Å². The third-order valence-corrected chi connectivity index (χ3v) is 7.09. The average Bonchev–Trinajstić information content (AvgIpc) is 2.83. The number of fused-ring (bicyclic) bond motifs is 1. The summed E-state index contributed by atoms with van der Waals surface area (Å²) in [5, 5.41) is 2.31. The lowest BCUT2D eigenvalue weighted by atomic mass is 9.68. The van der Waals surface area contributed by atoms with Crippen LogP contribution >= 0.6 is 0 Å². The second-order valence-electron chi connectivity index (χ2n) is 9.88. The first-order chi connectivity index (χ1) is 15.9. The first kappa shape index (κ1) is 21.8. The molecule has 0 bridgehead atoms. The third-order valence-electron chi connectivity index (χ3n) is 7.09. The second-order valence-corrected chi connectivity index (χ2v) is 9.88. The molecular weight excluding hydrogens is 405 g/mol. The maximum absolute atomic E-state index is 6.52. The number of anilines is 3. The van der Waals surface area contributed by atoms with E-state index in [1.54, 1.807) is 0 Å². The van der Waals surface area contributed by atoms with Gasteiger partial charge < -0.3 is 14.2 Å². The lowest BCUT2D eigenvalue weighted by Gasteiger charge is -2.47. The highest BCUT2D eigenvalue weighted by Crippen LogP contribution is 2.40. The summed E-state index contributed by atoms with van der Waals surface area (Å²) in [7, 11) is -0.395. The molecule has 4 heteroatoms. The summed E-state index contributed by atoms with van der Waals surface area (Å²) >= 11 is 0. The number of hydrogen-bond acceptors (Lipinski definition) is 3. The molecule has 1 saturated heterocycles. The fourth-order valence-electron chi connectivity index (χ4n) is 4.36. The molecule has 0 saturated carbocycles. The molecule has 4 aromatic rings. The Kier molecular flexibility index (Phi) is 5.51. The Balaban J connectivity index is 1.65. The molecule has 0 N–H and O–H groups in total. The molecule has 1 heterocycles. The number of rotatable bonds is 4. The van der Waals surface area contributed by atoms with E-state index in [9.17, 15) is 0 Å².